The number of rotatable bonds is 1. The average Bonchev–Trinajstić information content (AvgIpc) is 2.53. The molecule has 0 spiro atoms. The molecule has 1 aromatic carbocycles. The van der Waals surface area contributed by atoms with Crippen LogP contribution in [0.15, 0.2) is 24.3 Å². The molecule has 1 saturated carbocycles. The molecule has 0 saturated heterocycles. The number of alkyl halides is 2. The highest BCUT2D eigenvalue weighted by Gasteiger charge is 2.66. The van der Waals surface area contributed by atoms with E-state index in [0.29, 0.717) is 12.0 Å². The van der Waals surface area contributed by atoms with E-state index in [0.717, 1.165) is 5.56 Å². The van der Waals surface area contributed by atoms with E-state index in [2.05, 4.69) is 0 Å². The van der Waals surface area contributed by atoms with Crippen molar-refractivity contribution in [3.05, 3.63) is 35.4 Å². The third-order valence-electron chi connectivity index (χ3n) is 2.79. The number of hydrogen-bond acceptors (Lipinski definition) is 0. The smallest absolute Gasteiger partial charge is 0.156 e. The van der Waals surface area contributed by atoms with Gasteiger partial charge in [0.05, 0.1) is 4.87 Å². The fraction of sp³-hybridized carbons (Fsp3) is 0.455. The number of hydrogen-bond donors (Lipinski definition) is 0. The van der Waals surface area contributed by atoms with Crippen molar-refractivity contribution in [1.29, 1.82) is 0 Å². The van der Waals surface area contributed by atoms with E-state index < -0.39 is 10.5 Å². The normalized spacial score (nSPS) is 37.5. The van der Waals surface area contributed by atoms with Crippen LogP contribution >= 0.6 is 11.6 Å². The molecule has 0 aliphatic heterocycles. The maximum atomic E-state index is 14.0. The third-order valence-corrected chi connectivity index (χ3v) is 3.22. The van der Waals surface area contributed by atoms with Crippen LogP contribution in [0.5, 0.6) is 0 Å². The van der Waals surface area contributed by atoms with Gasteiger partial charge in [-0.1, -0.05) is 29.8 Å². The van der Waals surface area contributed by atoms with Crippen LogP contribution in [-0.4, -0.2) is 4.87 Å². The lowest BCUT2D eigenvalue weighted by Gasteiger charge is -2.09. The molecular weight excluding hydrogens is 187 g/mol. The van der Waals surface area contributed by atoms with E-state index in [9.17, 15) is 4.39 Å². The molecule has 0 bridgehead atoms. The number of aryl methyl sites for hydroxylation is 1. The molecule has 0 amide bonds. The van der Waals surface area contributed by atoms with Crippen LogP contribution in [-0.2, 0) is 5.67 Å². The maximum Gasteiger partial charge on any atom is 0.156 e. The first-order valence-corrected chi connectivity index (χ1v) is 4.78. The van der Waals surface area contributed by atoms with Crippen molar-refractivity contribution in [2.24, 2.45) is 0 Å². The van der Waals surface area contributed by atoms with E-state index in [-0.39, 0.29) is 0 Å². The van der Waals surface area contributed by atoms with Crippen LogP contribution in [0.2, 0.25) is 0 Å². The monoisotopic (exact) mass is 198 g/mol. The SMILES string of the molecule is Cc1ccc(C2(F)CC2(C)Cl)cc1. The minimum absolute atomic E-state index is 0.421. The zero-order chi connectivity index (χ0) is 9.69. The quantitative estimate of drug-likeness (QED) is 0.606. The second-order valence-electron chi connectivity index (χ2n) is 4.04. The van der Waals surface area contributed by atoms with Gasteiger partial charge >= 0.3 is 0 Å². The van der Waals surface area contributed by atoms with E-state index in [1.54, 1.807) is 6.92 Å². The van der Waals surface area contributed by atoms with Crippen LogP contribution < -0.4 is 0 Å². The highest BCUT2D eigenvalue weighted by Crippen LogP contribution is 2.62. The lowest BCUT2D eigenvalue weighted by molar-refractivity contribution is 0.300. The number of benzene rings is 1. The van der Waals surface area contributed by atoms with Crippen LogP contribution in [0.25, 0.3) is 0 Å². The van der Waals surface area contributed by atoms with Gasteiger partial charge in [0.2, 0.25) is 0 Å². The Morgan fingerprint density at radius 1 is 1.31 bits per heavy atom. The van der Waals surface area contributed by atoms with Crippen molar-refractivity contribution in [2.45, 2.75) is 30.8 Å². The predicted molar refractivity (Wildman–Crippen MR) is 52.8 cm³/mol. The van der Waals surface area contributed by atoms with Gasteiger partial charge in [0.15, 0.2) is 5.67 Å². The Morgan fingerprint density at radius 3 is 2.15 bits per heavy atom. The van der Waals surface area contributed by atoms with Crippen molar-refractivity contribution in [3.63, 3.8) is 0 Å². The summed E-state index contributed by atoms with van der Waals surface area (Å²) >= 11 is 5.95. The van der Waals surface area contributed by atoms with Crippen molar-refractivity contribution in [2.75, 3.05) is 0 Å². The molecule has 1 aromatic rings. The molecule has 2 heteroatoms. The average molecular weight is 199 g/mol. The van der Waals surface area contributed by atoms with E-state index in [4.69, 9.17) is 11.6 Å². The minimum Gasteiger partial charge on any atom is -0.237 e. The van der Waals surface area contributed by atoms with Gasteiger partial charge in [0, 0.05) is 6.42 Å². The van der Waals surface area contributed by atoms with Crippen LogP contribution in [0.3, 0.4) is 0 Å². The lowest BCUT2D eigenvalue weighted by Crippen LogP contribution is -2.09. The van der Waals surface area contributed by atoms with E-state index in [1.807, 2.05) is 31.2 Å². The highest BCUT2D eigenvalue weighted by molar-refractivity contribution is 6.27. The molecule has 13 heavy (non-hydrogen) atoms. The Labute approximate surface area is 82.7 Å². The maximum absolute atomic E-state index is 14.0. The molecule has 0 aromatic heterocycles. The van der Waals surface area contributed by atoms with Gasteiger partial charge in [-0.2, -0.15) is 0 Å². The molecule has 0 nitrogen and oxygen atoms in total. The summed E-state index contributed by atoms with van der Waals surface area (Å²) in [5.74, 6) is 0. The first kappa shape index (κ1) is 9.01. The Bertz CT molecular complexity index is 328. The lowest BCUT2D eigenvalue weighted by atomic mass is 10.1. The van der Waals surface area contributed by atoms with Gasteiger partial charge in [-0.05, 0) is 19.4 Å². The van der Waals surface area contributed by atoms with Crippen molar-refractivity contribution in [1.82, 2.24) is 0 Å². The summed E-state index contributed by atoms with van der Waals surface area (Å²) < 4.78 is 14.0. The molecule has 2 rings (SSSR count). The Hall–Kier alpha value is -0.560. The molecule has 2 atom stereocenters. The molecule has 70 valence electrons. The Balaban J connectivity index is 2.34. The fourth-order valence-electron chi connectivity index (χ4n) is 1.63. The summed E-state index contributed by atoms with van der Waals surface area (Å²) in [4.78, 5) is -0.692. The largest absolute Gasteiger partial charge is 0.237 e. The summed E-state index contributed by atoms with van der Waals surface area (Å²) in [5, 5.41) is 0. The van der Waals surface area contributed by atoms with Crippen molar-refractivity contribution < 1.29 is 4.39 Å². The highest BCUT2D eigenvalue weighted by atomic mass is 35.5. The minimum atomic E-state index is -1.30. The van der Waals surface area contributed by atoms with Crippen LogP contribution in [0.1, 0.15) is 24.5 Å². The van der Waals surface area contributed by atoms with Crippen molar-refractivity contribution in [3.8, 4) is 0 Å². The summed E-state index contributed by atoms with van der Waals surface area (Å²) in [6.45, 7) is 3.73. The zero-order valence-electron chi connectivity index (χ0n) is 7.77. The fourth-order valence-corrected chi connectivity index (χ4v) is 1.93. The topological polar surface area (TPSA) is 0 Å². The third kappa shape index (κ3) is 1.26. The molecule has 1 aliphatic carbocycles. The standard InChI is InChI=1S/C11H12ClF/c1-8-3-5-9(6-4-8)11(13)7-10(11,2)12/h3-6H,7H2,1-2H3. The summed E-state index contributed by atoms with van der Waals surface area (Å²) in [7, 11) is 0. The summed E-state index contributed by atoms with van der Waals surface area (Å²) in [5.41, 5.74) is 0.544. The van der Waals surface area contributed by atoms with Crippen LogP contribution in [0.4, 0.5) is 4.39 Å². The van der Waals surface area contributed by atoms with E-state index in [1.165, 1.54) is 0 Å². The second kappa shape index (κ2) is 2.48. The van der Waals surface area contributed by atoms with Gasteiger partial charge in [0.1, 0.15) is 0 Å². The van der Waals surface area contributed by atoms with Gasteiger partial charge in [-0.25, -0.2) is 4.39 Å². The van der Waals surface area contributed by atoms with Gasteiger partial charge in [0.25, 0.3) is 0 Å². The first-order valence-electron chi connectivity index (χ1n) is 4.41. The van der Waals surface area contributed by atoms with Gasteiger partial charge < -0.3 is 0 Å². The first-order chi connectivity index (χ1) is 5.96. The van der Waals surface area contributed by atoms with Crippen molar-refractivity contribution >= 4 is 11.6 Å². The second-order valence-corrected chi connectivity index (χ2v) is 4.88. The van der Waals surface area contributed by atoms with E-state index >= 15 is 0 Å². The zero-order valence-corrected chi connectivity index (χ0v) is 8.53. The molecule has 2 unspecified atom stereocenters. The molecule has 1 aliphatic rings. The predicted octanol–water partition coefficient (Wildman–Crippen LogP) is 3.56. The number of halogens is 2. The Morgan fingerprint density at radius 2 is 1.77 bits per heavy atom. The van der Waals surface area contributed by atoms with Gasteiger partial charge in [-0.15, -0.1) is 11.6 Å². The molecule has 1 fully saturated rings. The van der Waals surface area contributed by atoms with Gasteiger partial charge in [-0.3, -0.25) is 0 Å². The Kier molecular flexibility index (Phi) is 1.72. The molecular formula is C11H12ClF. The summed E-state index contributed by atoms with van der Waals surface area (Å²) in [6, 6.07) is 7.48. The summed E-state index contributed by atoms with van der Waals surface area (Å²) in [6.07, 6.45) is 0.421. The van der Waals surface area contributed by atoms with Crippen LogP contribution in [0, 0.1) is 6.92 Å². The molecule has 0 radical (unpaired) electrons. The molecule has 0 heterocycles. The molecule has 0 N–H and O–H groups in total.